The van der Waals surface area contributed by atoms with Crippen molar-refractivity contribution < 1.29 is 23.8 Å². The second-order valence-corrected chi connectivity index (χ2v) is 16.0. The van der Waals surface area contributed by atoms with Gasteiger partial charge in [0.05, 0.1) is 18.8 Å². The maximum absolute atomic E-state index is 12.9. The average molecular weight is 737 g/mol. The first kappa shape index (κ1) is 51.1. The monoisotopic (exact) mass is 737 g/mol. The van der Waals surface area contributed by atoms with E-state index >= 15 is 0 Å². The molecule has 0 rings (SSSR count). The maximum Gasteiger partial charge on any atom is 0.306 e. The molecule has 0 aliphatic rings. The maximum atomic E-state index is 12.9. The van der Waals surface area contributed by atoms with Crippen LogP contribution in [0, 0.1) is 0 Å². The van der Waals surface area contributed by atoms with Gasteiger partial charge in [0.15, 0.2) is 0 Å². The SMILES string of the molecule is CCCCCCCCCCCCC(=O)CCOC(CC)C(CCCCCC)OCCCCC(=O)OC(CCCCCCCC)CCCCCCCC. The molecule has 0 aromatic heterocycles. The summed E-state index contributed by atoms with van der Waals surface area (Å²) < 4.78 is 18.8. The number of hydrogen-bond donors (Lipinski definition) is 0. The Bertz CT molecular complexity index is 723. The van der Waals surface area contributed by atoms with Gasteiger partial charge in [-0.05, 0) is 57.8 Å². The third-order valence-electron chi connectivity index (χ3n) is 10.8. The highest BCUT2D eigenvalue weighted by Gasteiger charge is 2.22. The lowest BCUT2D eigenvalue weighted by molar-refractivity contribution is -0.150. The van der Waals surface area contributed by atoms with Crippen LogP contribution in [-0.4, -0.2) is 43.3 Å². The number of esters is 1. The number of hydrogen-bond acceptors (Lipinski definition) is 5. The zero-order valence-corrected chi connectivity index (χ0v) is 35.9. The lowest BCUT2D eigenvalue weighted by atomic mass is 10.0. The Balaban J connectivity index is 4.54. The van der Waals surface area contributed by atoms with Crippen LogP contribution in [0.3, 0.4) is 0 Å². The minimum absolute atomic E-state index is 0.0152. The van der Waals surface area contributed by atoms with Gasteiger partial charge in [0.25, 0.3) is 0 Å². The van der Waals surface area contributed by atoms with E-state index in [1.165, 1.54) is 154 Å². The largest absolute Gasteiger partial charge is 0.462 e. The number of Topliss-reactive ketones (excluding diaryl/α,β-unsaturated/α-hetero) is 1. The molecule has 2 unspecified atom stereocenters. The van der Waals surface area contributed by atoms with E-state index in [1.54, 1.807) is 0 Å². The van der Waals surface area contributed by atoms with Gasteiger partial charge in [-0.2, -0.15) is 0 Å². The predicted octanol–water partition coefficient (Wildman–Crippen LogP) is 15.0. The number of ether oxygens (including phenoxy) is 3. The molecule has 0 saturated carbocycles. The van der Waals surface area contributed by atoms with E-state index in [4.69, 9.17) is 14.2 Å². The second kappa shape index (κ2) is 41.2. The Morgan fingerprint density at radius 1 is 0.385 bits per heavy atom. The highest BCUT2D eigenvalue weighted by atomic mass is 16.5. The molecule has 0 aliphatic heterocycles. The molecule has 0 N–H and O–H groups in total. The first-order chi connectivity index (χ1) is 25.5. The van der Waals surface area contributed by atoms with Crippen molar-refractivity contribution in [2.45, 2.75) is 278 Å². The molecule has 0 bridgehead atoms. The van der Waals surface area contributed by atoms with E-state index < -0.39 is 0 Å². The average Bonchev–Trinajstić information content (AvgIpc) is 3.14. The van der Waals surface area contributed by atoms with Crippen molar-refractivity contribution in [3.05, 3.63) is 0 Å². The van der Waals surface area contributed by atoms with E-state index in [1.807, 2.05) is 0 Å². The van der Waals surface area contributed by atoms with E-state index in [0.717, 1.165) is 51.4 Å². The second-order valence-electron chi connectivity index (χ2n) is 16.0. The molecule has 0 amide bonds. The summed E-state index contributed by atoms with van der Waals surface area (Å²) in [5, 5.41) is 0. The van der Waals surface area contributed by atoms with Crippen LogP contribution >= 0.6 is 0 Å². The van der Waals surface area contributed by atoms with Crippen molar-refractivity contribution >= 4 is 11.8 Å². The minimum atomic E-state index is -0.0321. The van der Waals surface area contributed by atoms with Crippen LogP contribution in [0.25, 0.3) is 0 Å². The number of unbranched alkanes of at least 4 members (excludes halogenated alkanes) is 23. The standard InChI is InChI=1S/C47H92O5/c1-6-11-15-19-22-23-24-25-26-29-35-43(48)40-42-51-45(10-5)46(38-32-18-14-9-4)50-41-34-33-39-47(49)52-44(36-30-27-20-16-12-7-2)37-31-28-21-17-13-8-3/h44-46H,6-42H2,1-5H3. The van der Waals surface area contributed by atoms with E-state index in [9.17, 15) is 9.59 Å². The van der Waals surface area contributed by atoms with Crippen molar-refractivity contribution in [2.24, 2.45) is 0 Å². The van der Waals surface area contributed by atoms with Crippen molar-refractivity contribution in [3.63, 3.8) is 0 Å². The molecule has 5 heteroatoms. The highest BCUT2D eigenvalue weighted by Crippen LogP contribution is 2.20. The van der Waals surface area contributed by atoms with Gasteiger partial charge in [-0.15, -0.1) is 0 Å². The normalized spacial score (nSPS) is 12.8. The Kier molecular flexibility index (Phi) is 40.5. The van der Waals surface area contributed by atoms with Crippen molar-refractivity contribution in [1.29, 1.82) is 0 Å². The first-order valence-electron chi connectivity index (χ1n) is 23.5. The molecule has 0 spiro atoms. The fourth-order valence-corrected chi connectivity index (χ4v) is 7.31. The number of rotatable bonds is 43. The van der Waals surface area contributed by atoms with Crippen LogP contribution in [0.2, 0.25) is 0 Å². The Morgan fingerprint density at radius 2 is 0.788 bits per heavy atom. The summed E-state index contributed by atoms with van der Waals surface area (Å²) in [6.45, 7) is 12.3. The fourth-order valence-electron chi connectivity index (χ4n) is 7.31. The van der Waals surface area contributed by atoms with Crippen LogP contribution in [0.5, 0.6) is 0 Å². The zero-order chi connectivity index (χ0) is 38.2. The summed E-state index contributed by atoms with van der Waals surface area (Å²) in [4.78, 5) is 25.5. The molecule has 2 atom stereocenters. The van der Waals surface area contributed by atoms with Gasteiger partial charge >= 0.3 is 5.97 Å². The number of carbonyl (C=O) groups excluding carboxylic acids is 2. The Hall–Kier alpha value is -0.940. The molecule has 5 nitrogen and oxygen atoms in total. The molecule has 0 aromatic carbocycles. The predicted molar refractivity (Wildman–Crippen MR) is 224 cm³/mol. The molecular formula is C47H92O5. The third kappa shape index (κ3) is 34.8. The van der Waals surface area contributed by atoms with Crippen molar-refractivity contribution in [2.75, 3.05) is 13.2 Å². The van der Waals surface area contributed by atoms with Crippen molar-refractivity contribution in [3.8, 4) is 0 Å². The summed E-state index contributed by atoms with van der Waals surface area (Å²) in [7, 11) is 0. The summed E-state index contributed by atoms with van der Waals surface area (Å²) in [6, 6.07) is 0. The molecule has 0 fully saturated rings. The molecule has 0 radical (unpaired) electrons. The highest BCUT2D eigenvalue weighted by molar-refractivity contribution is 5.78. The van der Waals surface area contributed by atoms with Gasteiger partial charge < -0.3 is 14.2 Å². The lowest BCUT2D eigenvalue weighted by Gasteiger charge is -2.27. The fraction of sp³-hybridized carbons (Fsp3) is 0.957. The zero-order valence-electron chi connectivity index (χ0n) is 35.9. The van der Waals surface area contributed by atoms with Crippen LogP contribution < -0.4 is 0 Å². The van der Waals surface area contributed by atoms with Crippen LogP contribution in [0.1, 0.15) is 259 Å². The lowest BCUT2D eigenvalue weighted by Crippen LogP contribution is -2.32. The van der Waals surface area contributed by atoms with Gasteiger partial charge in [0.2, 0.25) is 0 Å². The quantitative estimate of drug-likeness (QED) is 0.0461. The molecule has 0 saturated heterocycles. The topological polar surface area (TPSA) is 61.8 Å². The molecule has 52 heavy (non-hydrogen) atoms. The molecule has 310 valence electrons. The Labute approximate surface area is 325 Å². The smallest absolute Gasteiger partial charge is 0.306 e. The van der Waals surface area contributed by atoms with Gasteiger partial charge in [-0.1, -0.05) is 182 Å². The minimum Gasteiger partial charge on any atom is -0.462 e. The first-order valence-corrected chi connectivity index (χ1v) is 23.5. The molecule has 0 aromatic rings. The van der Waals surface area contributed by atoms with Gasteiger partial charge in [-0.25, -0.2) is 0 Å². The van der Waals surface area contributed by atoms with Crippen LogP contribution in [0.15, 0.2) is 0 Å². The van der Waals surface area contributed by atoms with E-state index in [0.29, 0.717) is 38.3 Å². The molecular weight excluding hydrogens is 645 g/mol. The van der Waals surface area contributed by atoms with Gasteiger partial charge in [-0.3, -0.25) is 9.59 Å². The number of carbonyl (C=O) groups is 2. The van der Waals surface area contributed by atoms with Crippen molar-refractivity contribution in [1.82, 2.24) is 0 Å². The van der Waals surface area contributed by atoms with Crippen LogP contribution in [0.4, 0.5) is 0 Å². The van der Waals surface area contributed by atoms with Gasteiger partial charge in [0.1, 0.15) is 11.9 Å². The summed E-state index contributed by atoms with van der Waals surface area (Å²) >= 11 is 0. The third-order valence-corrected chi connectivity index (χ3v) is 10.8. The summed E-state index contributed by atoms with van der Waals surface area (Å²) in [5.41, 5.74) is 0. The number of ketones is 1. The van der Waals surface area contributed by atoms with Gasteiger partial charge in [0, 0.05) is 25.9 Å². The molecule has 0 aliphatic carbocycles. The Morgan fingerprint density at radius 3 is 1.29 bits per heavy atom. The van der Waals surface area contributed by atoms with E-state index in [-0.39, 0.29) is 24.3 Å². The summed E-state index contributed by atoms with van der Waals surface area (Å²) in [5.74, 6) is 0.304. The summed E-state index contributed by atoms with van der Waals surface area (Å²) in [6.07, 6.45) is 40.4. The van der Waals surface area contributed by atoms with Crippen LogP contribution in [-0.2, 0) is 23.8 Å². The van der Waals surface area contributed by atoms with E-state index in [2.05, 4.69) is 34.6 Å². The molecule has 0 heterocycles.